The van der Waals surface area contributed by atoms with E-state index in [0.717, 1.165) is 10.5 Å². The lowest BCUT2D eigenvalue weighted by Gasteiger charge is -2.32. The summed E-state index contributed by atoms with van der Waals surface area (Å²) < 4.78 is 20.3. The van der Waals surface area contributed by atoms with Crippen LogP contribution >= 0.6 is 11.3 Å². The molecule has 0 radical (unpaired) electrons. The predicted molar refractivity (Wildman–Crippen MR) is 135 cm³/mol. The number of carbonyl (C=O) groups is 3. The summed E-state index contributed by atoms with van der Waals surface area (Å²) in [6.07, 6.45) is 1.49. The number of furan rings is 1. The van der Waals surface area contributed by atoms with Crippen molar-refractivity contribution in [3.8, 4) is 0 Å². The Hall–Kier alpha value is -4.24. The SMILES string of the molecule is Cc1ccc(C(C(=O)NCc2ccco2)N(C(=O)CNC(=O)c2cccs2)c2ccccc2F)cc1. The monoisotopic (exact) mass is 505 g/mol. The molecule has 2 N–H and O–H groups in total. The molecule has 1 atom stereocenters. The van der Waals surface area contributed by atoms with Crippen LogP contribution in [0.4, 0.5) is 10.1 Å². The van der Waals surface area contributed by atoms with Gasteiger partial charge in [0.15, 0.2) is 0 Å². The number of nitrogens with one attached hydrogen (secondary N) is 2. The summed E-state index contributed by atoms with van der Waals surface area (Å²) in [7, 11) is 0. The van der Waals surface area contributed by atoms with E-state index < -0.39 is 36.1 Å². The van der Waals surface area contributed by atoms with Gasteiger partial charge in [-0.2, -0.15) is 0 Å². The van der Waals surface area contributed by atoms with Crippen molar-refractivity contribution < 1.29 is 23.2 Å². The van der Waals surface area contributed by atoms with Gasteiger partial charge in [0.2, 0.25) is 11.8 Å². The number of hydrogen-bond donors (Lipinski definition) is 2. The number of thiophene rings is 1. The number of aryl methyl sites for hydroxylation is 1. The Kier molecular flexibility index (Phi) is 7.92. The molecule has 184 valence electrons. The summed E-state index contributed by atoms with van der Waals surface area (Å²) in [4.78, 5) is 41.0. The predicted octanol–water partition coefficient (Wildman–Crippen LogP) is 4.61. The van der Waals surface area contributed by atoms with Crippen LogP contribution in [0.2, 0.25) is 0 Å². The molecule has 2 aromatic heterocycles. The van der Waals surface area contributed by atoms with Gasteiger partial charge in [-0.05, 0) is 48.2 Å². The smallest absolute Gasteiger partial charge is 0.261 e. The number of para-hydroxylation sites is 1. The van der Waals surface area contributed by atoms with Gasteiger partial charge < -0.3 is 15.1 Å². The fourth-order valence-electron chi connectivity index (χ4n) is 3.65. The quantitative estimate of drug-likeness (QED) is 0.348. The lowest BCUT2D eigenvalue weighted by atomic mass is 10.0. The van der Waals surface area contributed by atoms with Crippen molar-refractivity contribution in [1.82, 2.24) is 10.6 Å². The van der Waals surface area contributed by atoms with Gasteiger partial charge in [-0.1, -0.05) is 48.0 Å². The third-order valence-corrected chi connectivity index (χ3v) is 6.31. The maximum absolute atomic E-state index is 15.0. The Bertz CT molecular complexity index is 1320. The molecule has 0 saturated carbocycles. The number of rotatable bonds is 9. The van der Waals surface area contributed by atoms with E-state index in [2.05, 4.69) is 10.6 Å². The zero-order valence-electron chi connectivity index (χ0n) is 19.4. The third-order valence-electron chi connectivity index (χ3n) is 5.44. The minimum Gasteiger partial charge on any atom is -0.467 e. The zero-order valence-corrected chi connectivity index (χ0v) is 20.3. The average molecular weight is 506 g/mol. The fourth-order valence-corrected chi connectivity index (χ4v) is 4.29. The van der Waals surface area contributed by atoms with Crippen molar-refractivity contribution in [2.75, 3.05) is 11.4 Å². The molecule has 3 amide bonds. The Morgan fingerprint density at radius 2 is 1.75 bits per heavy atom. The highest BCUT2D eigenvalue weighted by Gasteiger charge is 2.34. The molecule has 7 nitrogen and oxygen atoms in total. The molecule has 2 aromatic carbocycles. The molecule has 0 aliphatic carbocycles. The summed E-state index contributed by atoms with van der Waals surface area (Å²) in [5, 5.41) is 7.10. The van der Waals surface area contributed by atoms with Gasteiger partial charge in [0.1, 0.15) is 17.6 Å². The molecule has 2 heterocycles. The van der Waals surface area contributed by atoms with Crippen molar-refractivity contribution in [2.24, 2.45) is 0 Å². The second-order valence-electron chi connectivity index (χ2n) is 7.99. The number of amides is 3. The van der Waals surface area contributed by atoms with E-state index in [1.54, 1.807) is 47.8 Å². The fraction of sp³-hybridized carbons (Fsp3) is 0.148. The third kappa shape index (κ3) is 5.87. The number of benzene rings is 2. The van der Waals surface area contributed by atoms with Crippen LogP contribution in [0.25, 0.3) is 0 Å². The Morgan fingerprint density at radius 3 is 2.42 bits per heavy atom. The molecule has 0 aliphatic rings. The molecule has 0 spiro atoms. The van der Waals surface area contributed by atoms with Crippen LogP contribution in [0, 0.1) is 12.7 Å². The first-order chi connectivity index (χ1) is 17.4. The number of nitrogens with zero attached hydrogens (tertiary/aromatic N) is 1. The van der Waals surface area contributed by atoms with Gasteiger partial charge in [0.25, 0.3) is 5.91 Å². The second-order valence-corrected chi connectivity index (χ2v) is 8.93. The molecule has 0 bridgehead atoms. The molecule has 4 aromatic rings. The summed E-state index contributed by atoms with van der Waals surface area (Å²) in [6, 6.07) is 18.3. The van der Waals surface area contributed by atoms with Crippen LogP contribution in [0.3, 0.4) is 0 Å². The van der Waals surface area contributed by atoms with E-state index in [-0.39, 0.29) is 12.2 Å². The molecule has 4 rings (SSSR count). The van der Waals surface area contributed by atoms with Gasteiger partial charge in [0.05, 0.1) is 29.9 Å². The minimum atomic E-state index is -1.20. The molecular formula is C27H24FN3O4S. The highest BCUT2D eigenvalue weighted by Crippen LogP contribution is 2.30. The molecule has 0 aliphatic heterocycles. The summed E-state index contributed by atoms with van der Waals surface area (Å²) in [5.74, 6) is -1.76. The first-order valence-corrected chi connectivity index (χ1v) is 12.1. The normalized spacial score (nSPS) is 11.5. The maximum Gasteiger partial charge on any atom is 0.261 e. The van der Waals surface area contributed by atoms with Crippen LogP contribution in [-0.2, 0) is 16.1 Å². The van der Waals surface area contributed by atoms with Crippen molar-refractivity contribution >= 4 is 34.7 Å². The highest BCUT2D eigenvalue weighted by atomic mass is 32.1. The number of halogens is 1. The van der Waals surface area contributed by atoms with Gasteiger partial charge in [-0.25, -0.2) is 4.39 Å². The number of hydrogen-bond acceptors (Lipinski definition) is 5. The van der Waals surface area contributed by atoms with Gasteiger partial charge in [0, 0.05) is 0 Å². The second kappa shape index (κ2) is 11.5. The Balaban J connectivity index is 1.68. The van der Waals surface area contributed by atoms with Crippen LogP contribution in [0.5, 0.6) is 0 Å². The first-order valence-electron chi connectivity index (χ1n) is 11.2. The van der Waals surface area contributed by atoms with Crippen LogP contribution in [0.15, 0.2) is 88.9 Å². The van der Waals surface area contributed by atoms with Crippen LogP contribution in [-0.4, -0.2) is 24.3 Å². The summed E-state index contributed by atoms with van der Waals surface area (Å²) in [6.45, 7) is 1.55. The minimum absolute atomic E-state index is 0.0772. The Morgan fingerprint density at radius 1 is 0.972 bits per heavy atom. The molecule has 9 heteroatoms. The first kappa shape index (κ1) is 24.9. The van der Waals surface area contributed by atoms with E-state index in [1.807, 2.05) is 19.1 Å². The van der Waals surface area contributed by atoms with Crippen molar-refractivity contribution in [2.45, 2.75) is 19.5 Å². The topological polar surface area (TPSA) is 91.7 Å². The van der Waals surface area contributed by atoms with E-state index in [1.165, 1.54) is 35.8 Å². The summed E-state index contributed by atoms with van der Waals surface area (Å²) in [5.41, 5.74) is 1.37. The van der Waals surface area contributed by atoms with Crippen LogP contribution < -0.4 is 15.5 Å². The number of carbonyl (C=O) groups excluding carboxylic acids is 3. The lowest BCUT2D eigenvalue weighted by molar-refractivity contribution is -0.126. The largest absolute Gasteiger partial charge is 0.467 e. The Labute approximate surface area is 211 Å². The summed E-state index contributed by atoms with van der Waals surface area (Å²) >= 11 is 1.23. The maximum atomic E-state index is 15.0. The van der Waals surface area contributed by atoms with Crippen molar-refractivity contribution in [1.29, 1.82) is 0 Å². The number of anilines is 1. The van der Waals surface area contributed by atoms with Crippen molar-refractivity contribution in [3.05, 3.63) is 112 Å². The van der Waals surface area contributed by atoms with E-state index in [4.69, 9.17) is 4.42 Å². The van der Waals surface area contributed by atoms with E-state index >= 15 is 4.39 Å². The van der Waals surface area contributed by atoms with Gasteiger partial charge >= 0.3 is 0 Å². The molecule has 0 saturated heterocycles. The zero-order chi connectivity index (χ0) is 25.5. The standard InChI is InChI=1S/C27H24FN3O4S/c1-18-10-12-19(13-11-18)25(27(34)29-16-20-6-4-14-35-20)31(22-8-3-2-7-21(22)28)24(32)17-30-26(33)23-9-5-15-36-23/h2-15,25H,16-17H2,1H3,(H,29,34)(H,30,33). The van der Waals surface area contributed by atoms with Gasteiger partial charge in [-0.3, -0.25) is 19.3 Å². The highest BCUT2D eigenvalue weighted by molar-refractivity contribution is 7.12. The molecule has 1 unspecified atom stereocenters. The van der Waals surface area contributed by atoms with E-state index in [0.29, 0.717) is 16.2 Å². The lowest BCUT2D eigenvalue weighted by Crippen LogP contribution is -2.47. The van der Waals surface area contributed by atoms with E-state index in [9.17, 15) is 14.4 Å². The molecular weight excluding hydrogens is 481 g/mol. The van der Waals surface area contributed by atoms with Crippen molar-refractivity contribution in [3.63, 3.8) is 0 Å². The van der Waals surface area contributed by atoms with Gasteiger partial charge in [-0.15, -0.1) is 11.3 Å². The average Bonchev–Trinajstić information content (AvgIpc) is 3.60. The molecule has 36 heavy (non-hydrogen) atoms. The van der Waals surface area contributed by atoms with Crippen LogP contribution in [0.1, 0.15) is 32.6 Å². The molecule has 0 fully saturated rings.